The lowest BCUT2D eigenvalue weighted by molar-refractivity contribution is 0.225. The second-order valence-electron chi connectivity index (χ2n) is 5.06. The number of fused-ring (bicyclic) bond motifs is 1. The first-order valence-corrected chi connectivity index (χ1v) is 6.30. The molecule has 18 heavy (non-hydrogen) atoms. The van der Waals surface area contributed by atoms with Crippen molar-refractivity contribution in [1.29, 1.82) is 0 Å². The average Bonchev–Trinajstić information content (AvgIpc) is 2.98. The Kier molecular flexibility index (Phi) is 2.87. The average molecular weight is 247 g/mol. The van der Waals surface area contributed by atoms with Gasteiger partial charge in [0.25, 0.3) is 0 Å². The Morgan fingerprint density at radius 1 is 1.28 bits per heavy atom. The van der Waals surface area contributed by atoms with Crippen LogP contribution in [0.4, 0.5) is 5.82 Å². The summed E-state index contributed by atoms with van der Waals surface area (Å²) in [6, 6.07) is 0. The number of aliphatic hydroxyl groups is 1. The van der Waals surface area contributed by atoms with Gasteiger partial charge in [-0.15, -0.1) is 0 Å². The smallest absolute Gasteiger partial charge is 0.165 e. The van der Waals surface area contributed by atoms with Crippen molar-refractivity contribution >= 4 is 17.0 Å². The van der Waals surface area contributed by atoms with Crippen molar-refractivity contribution in [3.63, 3.8) is 0 Å². The second kappa shape index (κ2) is 4.53. The third kappa shape index (κ3) is 1.92. The summed E-state index contributed by atoms with van der Waals surface area (Å²) in [5.41, 5.74) is 7.24. The molecule has 1 fully saturated rings. The summed E-state index contributed by atoms with van der Waals surface area (Å²) in [5.74, 6) is 1.48. The van der Waals surface area contributed by atoms with E-state index in [1.165, 1.54) is 6.33 Å². The summed E-state index contributed by atoms with van der Waals surface area (Å²) >= 11 is 0. The van der Waals surface area contributed by atoms with Crippen molar-refractivity contribution in [3.05, 3.63) is 12.7 Å². The molecule has 2 atom stereocenters. The summed E-state index contributed by atoms with van der Waals surface area (Å²) in [6.45, 7) is 1.19. The zero-order valence-electron chi connectivity index (χ0n) is 10.2. The first-order chi connectivity index (χ1) is 8.78. The van der Waals surface area contributed by atoms with Gasteiger partial charge in [-0.2, -0.15) is 0 Å². The van der Waals surface area contributed by atoms with Gasteiger partial charge in [-0.1, -0.05) is 0 Å². The fourth-order valence-corrected chi connectivity index (χ4v) is 2.82. The van der Waals surface area contributed by atoms with E-state index in [4.69, 9.17) is 10.8 Å². The Labute approximate surface area is 105 Å². The molecule has 0 bridgehead atoms. The standard InChI is InChI=1S/C12H17N5O/c13-11-10-12(15-6-14-11)17(7-16-10)4-8-1-2-9(3-8)5-18/h6-9,18H,1-5H2,(H2,13,14,15)/t8-,9+/m1/s1. The van der Waals surface area contributed by atoms with Crippen LogP contribution in [0.5, 0.6) is 0 Å². The first-order valence-electron chi connectivity index (χ1n) is 6.30. The molecule has 6 nitrogen and oxygen atoms in total. The van der Waals surface area contributed by atoms with Crippen LogP contribution < -0.4 is 5.73 Å². The molecular weight excluding hydrogens is 230 g/mol. The van der Waals surface area contributed by atoms with Crippen molar-refractivity contribution in [3.8, 4) is 0 Å². The molecule has 1 saturated carbocycles. The van der Waals surface area contributed by atoms with Gasteiger partial charge in [0.15, 0.2) is 11.5 Å². The lowest BCUT2D eigenvalue weighted by Gasteiger charge is -2.11. The maximum atomic E-state index is 9.16. The highest BCUT2D eigenvalue weighted by Gasteiger charge is 2.24. The molecule has 6 heteroatoms. The first kappa shape index (κ1) is 11.4. The summed E-state index contributed by atoms with van der Waals surface area (Å²) in [6.07, 6.45) is 6.61. The molecular formula is C12H17N5O. The molecule has 0 saturated heterocycles. The van der Waals surface area contributed by atoms with E-state index in [0.29, 0.717) is 29.8 Å². The highest BCUT2D eigenvalue weighted by atomic mass is 16.3. The van der Waals surface area contributed by atoms with Gasteiger partial charge in [-0.05, 0) is 31.1 Å². The van der Waals surface area contributed by atoms with Crippen LogP contribution in [0.15, 0.2) is 12.7 Å². The molecule has 2 heterocycles. The van der Waals surface area contributed by atoms with Gasteiger partial charge < -0.3 is 15.4 Å². The normalized spacial score (nSPS) is 23.8. The predicted octanol–water partition coefficient (Wildman–Crippen LogP) is 0.817. The number of nitrogens with zero attached hydrogens (tertiary/aromatic N) is 4. The zero-order chi connectivity index (χ0) is 12.5. The van der Waals surface area contributed by atoms with E-state index in [9.17, 15) is 0 Å². The van der Waals surface area contributed by atoms with Crippen molar-refractivity contribution in [2.75, 3.05) is 12.3 Å². The summed E-state index contributed by atoms with van der Waals surface area (Å²) in [4.78, 5) is 12.4. The maximum Gasteiger partial charge on any atom is 0.165 e. The van der Waals surface area contributed by atoms with Crippen LogP contribution in [0.2, 0.25) is 0 Å². The number of aliphatic hydroxyl groups excluding tert-OH is 1. The minimum Gasteiger partial charge on any atom is -0.396 e. The topological polar surface area (TPSA) is 89.9 Å². The van der Waals surface area contributed by atoms with Crippen LogP contribution in [0.1, 0.15) is 19.3 Å². The quantitative estimate of drug-likeness (QED) is 0.838. The number of nitrogens with two attached hydrogens (primary N) is 1. The SMILES string of the molecule is Nc1ncnc2c1ncn2C[C@@H]1CC[C@H](CO)C1. The summed E-state index contributed by atoms with van der Waals surface area (Å²) in [5, 5.41) is 9.16. The molecule has 1 aliphatic rings. The van der Waals surface area contributed by atoms with Crippen molar-refractivity contribution in [2.45, 2.75) is 25.8 Å². The molecule has 0 amide bonds. The molecule has 2 aromatic rings. The highest BCUT2D eigenvalue weighted by molar-refractivity contribution is 5.81. The van der Waals surface area contributed by atoms with Gasteiger partial charge in [-0.3, -0.25) is 0 Å². The molecule has 0 spiro atoms. The minimum absolute atomic E-state index is 0.302. The zero-order valence-corrected chi connectivity index (χ0v) is 10.2. The van der Waals surface area contributed by atoms with Gasteiger partial charge in [0.05, 0.1) is 6.33 Å². The number of rotatable bonds is 3. The largest absolute Gasteiger partial charge is 0.396 e. The number of nitrogen functional groups attached to an aromatic ring is 1. The molecule has 3 rings (SSSR count). The van der Waals surface area contributed by atoms with E-state index in [-0.39, 0.29) is 0 Å². The second-order valence-corrected chi connectivity index (χ2v) is 5.06. The van der Waals surface area contributed by atoms with Crippen molar-refractivity contribution < 1.29 is 5.11 Å². The number of aromatic nitrogens is 4. The molecule has 2 aromatic heterocycles. The minimum atomic E-state index is 0.302. The maximum absolute atomic E-state index is 9.16. The van der Waals surface area contributed by atoms with Gasteiger partial charge in [0.2, 0.25) is 0 Å². The number of anilines is 1. The van der Waals surface area contributed by atoms with Gasteiger partial charge >= 0.3 is 0 Å². The molecule has 0 aromatic carbocycles. The van der Waals surface area contributed by atoms with Gasteiger partial charge in [0.1, 0.15) is 11.8 Å². The fourth-order valence-electron chi connectivity index (χ4n) is 2.82. The lowest BCUT2D eigenvalue weighted by Crippen LogP contribution is -2.09. The summed E-state index contributed by atoms with van der Waals surface area (Å²) < 4.78 is 2.04. The van der Waals surface area contributed by atoms with E-state index in [1.54, 1.807) is 6.33 Å². The molecule has 0 radical (unpaired) electrons. The molecule has 96 valence electrons. The van der Waals surface area contributed by atoms with E-state index >= 15 is 0 Å². The monoisotopic (exact) mass is 247 g/mol. The Bertz CT molecular complexity index is 552. The molecule has 0 aliphatic heterocycles. The Morgan fingerprint density at radius 2 is 2.11 bits per heavy atom. The van der Waals surface area contributed by atoms with E-state index in [2.05, 4.69) is 15.0 Å². The Hall–Kier alpha value is -1.69. The van der Waals surface area contributed by atoms with E-state index < -0.39 is 0 Å². The van der Waals surface area contributed by atoms with Crippen LogP contribution in [0.25, 0.3) is 11.2 Å². The van der Waals surface area contributed by atoms with Crippen LogP contribution in [-0.2, 0) is 6.54 Å². The van der Waals surface area contributed by atoms with Crippen LogP contribution in [-0.4, -0.2) is 31.2 Å². The lowest BCUT2D eigenvalue weighted by atomic mass is 10.1. The molecule has 3 N–H and O–H groups in total. The Morgan fingerprint density at radius 3 is 2.89 bits per heavy atom. The summed E-state index contributed by atoms with van der Waals surface area (Å²) in [7, 11) is 0. The third-order valence-electron chi connectivity index (χ3n) is 3.79. The van der Waals surface area contributed by atoms with Gasteiger partial charge in [-0.25, -0.2) is 15.0 Å². The number of imidazole rings is 1. The van der Waals surface area contributed by atoms with Crippen LogP contribution in [0.3, 0.4) is 0 Å². The predicted molar refractivity (Wildman–Crippen MR) is 67.7 cm³/mol. The third-order valence-corrected chi connectivity index (χ3v) is 3.79. The Balaban J connectivity index is 1.81. The van der Waals surface area contributed by atoms with E-state index in [1.807, 2.05) is 4.57 Å². The number of hydrogen-bond donors (Lipinski definition) is 2. The van der Waals surface area contributed by atoms with E-state index in [0.717, 1.165) is 31.5 Å². The van der Waals surface area contributed by atoms with Crippen molar-refractivity contribution in [1.82, 2.24) is 19.5 Å². The number of hydrogen-bond acceptors (Lipinski definition) is 5. The highest BCUT2D eigenvalue weighted by Crippen LogP contribution is 2.32. The molecule has 0 unspecified atom stereocenters. The van der Waals surface area contributed by atoms with Gasteiger partial charge in [0, 0.05) is 13.2 Å². The fraction of sp³-hybridized carbons (Fsp3) is 0.583. The molecule has 1 aliphatic carbocycles. The van der Waals surface area contributed by atoms with Crippen molar-refractivity contribution in [2.24, 2.45) is 11.8 Å². The van der Waals surface area contributed by atoms with Crippen LogP contribution in [0, 0.1) is 11.8 Å². The van der Waals surface area contributed by atoms with Crippen LogP contribution >= 0.6 is 0 Å².